The first-order chi connectivity index (χ1) is 14.5. The van der Waals surface area contributed by atoms with Gasteiger partial charge in [-0.15, -0.1) is 0 Å². The molecular weight excluding hydrogens is 376 g/mol. The Morgan fingerprint density at radius 3 is 2.10 bits per heavy atom. The summed E-state index contributed by atoms with van der Waals surface area (Å²) < 4.78 is 0. The number of nitrogens with one attached hydrogen (secondary N) is 1. The number of anilines is 2. The third-order valence-corrected chi connectivity index (χ3v) is 7.44. The van der Waals surface area contributed by atoms with Crippen molar-refractivity contribution in [2.45, 2.75) is 13.3 Å². The number of rotatable bonds is 3. The highest BCUT2D eigenvalue weighted by Crippen LogP contribution is 2.65. The van der Waals surface area contributed by atoms with Crippen LogP contribution in [0.15, 0.2) is 60.7 Å². The first kappa shape index (κ1) is 17.6. The quantitative estimate of drug-likeness (QED) is 0.632. The summed E-state index contributed by atoms with van der Waals surface area (Å²) in [4.78, 5) is 40.3. The molecule has 30 heavy (non-hydrogen) atoms. The molecule has 1 saturated heterocycles. The summed E-state index contributed by atoms with van der Waals surface area (Å²) in [6, 6.07) is 14.4. The lowest BCUT2D eigenvalue weighted by Gasteiger charge is -2.37. The minimum absolute atomic E-state index is 0.0770. The molecule has 1 heterocycles. The Morgan fingerprint density at radius 1 is 0.900 bits per heavy atom. The summed E-state index contributed by atoms with van der Waals surface area (Å²) in [5.41, 5.74) is 2.79. The zero-order chi connectivity index (χ0) is 20.6. The number of hydrogen-bond donors (Lipinski definition) is 1. The second-order valence-electron chi connectivity index (χ2n) is 8.98. The molecule has 7 rings (SSSR count). The Bertz CT molecular complexity index is 1080. The molecule has 150 valence electrons. The fourth-order valence-corrected chi connectivity index (χ4v) is 5.88. The van der Waals surface area contributed by atoms with Crippen molar-refractivity contribution in [3.05, 3.63) is 71.8 Å². The van der Waals surface area contributed by atoms with E-state index < -0.39 is 0 Å². The summed E-state index contributed by atoms with van der Waals surface area (Å²) in [6.45, 7) is 1.94. The Kier molecular flexibility index (Phi) is 3.61. The van der Waals surface area contributed by atoms with Crippen LogP contribution in [0.25, 0.3) is 0 Å². The van der Waals surface area contributed by atoms with Gasteiger partial charge in [0.15, 0.2) is 0 Å². The predicted molar refractivity (Wildman–Crippen MR) is 113 cm³/mol. The minimum Gasteiger partial charge on any atom is -0.322 e. The van der Waals surface area contributed by atoms with E-state index in [1.54, 1.807) is 24.3 Å². The maximum Gasteiger partial charge on any atom is 0.255 e. The van der Waals surface area contributed by atoms with Gasteiger partial charge in [0, 0.05) is 11.3 Å². The van der Waals surface area contributed by atoms with Gasteiger partial charge in [0.25, 0.3) is 5.91 Å². The van der Waals surface area contributed by atoms with Crippen molar-refractivity contribution >= 4 is 29.1 Å². The molecule has 2 bridgehead atoms. The molecule has 5 nitrogen and oxygen atoms in total. The second-order valence-corrected chi connectivity index (χ2v) is 8.98. The van der Waals surface area contributed by atoms with Crippen molar-refractivity contribution in [3.63, 3.8) is 0 Å². The highest BCUT2D eigenvalue weighted by molar-refractivity contribution is 6.22. The first-order valence-corrected chi connectivity index (χ1v) is 10.6. The number of allylic oxidation sites excluding steroid dienone is 2. The molecule has 2 aromatic carbocycles. The van der Waals surface area contributed by atoms with Crippen LogP contribution >= 0.6 is 0 Å². The van der Waals surface area contributed by atoms with Crippen LogP contribution < -0.4 is 10.2 Å². The Balaban J connectivity index is 1.24. The largest absolute Gasteiger partial charge is 0.322 e. The van der Waals surface area contributed by atoms with E-state index in [4.69, 9.17) is 0 Å². The van der Waals surface area contributed by atoms with E-state index in [1.165, 1.54) is 4.90 Å². The zero-order valence-corrected chi connectivity index (χ0v) is 16.6. The fraction of sp³-hybridized carbons (Fsp3) is 0.320. The first-order valence-electron chi connectivity index (χ1n) is 10.6. The fourth-order valence-electron chi connectivity index (χ4n) is 5.88. The van der Waals surface area contributed by atoms with E-state index in [1.807, 2.05) is 31.2 Å². The van der Waals surface area contributed by atoms with E-state index in [0.29, 0.717) is 23.1 Å². The molecule has 1 N–H and O–H groups in total. The molecule has 0 spiro atoms. The summed E-state index contributed by atoms with van der Waals surface area (Å²) in [6.07, 6.45) is 5.50. The third kappa shape index (κ3) is 2.38. The van der Waals surface area contributed by atoms with Gasteiger partial charge in [-0.3, -0.25) is 19.3 Å². The predicted octanol–water partition coefficient (Wildman–Crippen LogP) is 3.80. The van der Waals surface area contributed by atoms with Gasteiger partial charge >= 0.3 is 0 Å². The molecule has 0 unspecified atom stereocenters. The van der Waals surface area contributed by atoms with Crippen LogP contribution in [0.1, 0.15) is 22.3 Å². The van der Waals surface area contributed by atoms with Crippen molar-refractivity contribution < 1.29 is 14.4 Å². The van der Waals surface area contributed by atoms with Gasteiger partial charge in [0.05, 0.1) is 17.5 Å². The average molecular weight is 398 g/mol. The van der Waals surface area contributed by atoms with Crippen LogP contribution in [0.2, 0.25) is 0 Å². The molecule has 4 aliphatic carbocycles. The summed E-state index contributed by atoms with van der Waals surface area (Å²) in [5.74, 6) is 0.817. The van der Waals surface area contributed by atoms with Gasteiger partial charge in [-0.25, -0.2) is 0 Å². The molecule has 2 aromatic rings. The van der Waals surface area contributed by atoms with E-state index >= 15 is 0 Å². The van der Waals surface area contributed by atoms with Crippen molar-refractivity contribution in [2.75, 3.05) is 10.2 Å². The molecular formula is C25H22N2O3. The van der Waals surface area contributed by atoms with Crippen LogP contribution in [0, 0.1) is 42.4 Å². The number of hydrogen-bond acceptors (Lipinski definition) is 3. The van der Waals surface area contributed by atoms with Crippen LogP contribution in [-0.4, -0.2) is 17.7 Å². The van der Waals surface area contributed by atoms with Crippen molar-refractivity contribution in [2.24, 2.45) is 35.5 Å². The molecule has 5 heteroatoms. The maximum absolute atomic E-state index is 13.2. The number of para-hydroxylation sites is 1. The molecule has 3 fully saturated rings. The van der Waals surface area contributed by atoms with E-state index in [-0.39, 0.29) is 41.4 Å². The molecule has 0 aromatic heterocycles. The SMILES string of the molecule is Cc1ccccc1NC(=O)c1ccc(N2C(=O)[C@@H]3[C@H]4C=C[C@@H]([C@@H]5C[C@@H]45)[C@@H]3C2=O)cc1. The number of carbonyl (C=O) groups is 3. The number of benzene rings is 2. The number of imide groups is 1. The molecule has 0 radical (unpaired) electrons. The van der Waals surface area contributed by atoms with E-state index in [2.05, 4.69) is 17.5 Å². The maximum atomic E-state index is 13.2. The summed E-state index contributed by atoms with van der Waals surface area (Å²) in [5, 5.41) is 2.91. The standard InChI is InChI=1S/C25H22N2O3/c1-13-4-2-3-5-20(13)26-23(28)14-6-8-15(9-7-14)27-24(29)21-16-10-11-17(19-12-18(16)19)22(21)25(27)30/h2-11,16-19,21-22H,12H2,1H3,(H,26,28)/t16-,17-,18-,19-,21-,22+/m0/s1. The zero-order valence-electron chi connectivity index (χ0n) is 16.6. The minimum atomic E-state index is -0.217. The lowest BCUT2D eigenvalue weighted by Crippen LogP contribution is -2.40. The van der Waals surface area contributed by atoms with Gasteiger partial charge in [-0.2, -0.15) is 0 Å². The number of nitrogens with zero attached hydrogens (tertiary/aromatic N) is 1. The van der Waals surface area contributed by atoms with Gasteiger partial charge in [-0.05, 0) is 72.9 Å². The van der Waals surface area contributed by atoms with E-state index in [9.17, 15) is 14.4 Å². The lowest BCUT2D eigenvalue weighted by atomic mass is 9.63. The topological polar surface area (TPSA) is 66.5 Å². The van der Waals surface area contributed by atoms with Gasteiger partial charge < -0.3 is 5.32 Å². The van der Waals surface area contributed by atoms with Crippen LogP contribution in [-0.2, 0) is 9.59 Å². The van der Waals surface area contributed by atoms with Crippen molar-refractivity contribution in [1.29, 1.82) is 0 Å². The molecule has 2 saturated carbocycles. The number of carbonyl (C=O) groups excluding carboxylic acids is 3. The number of amides is 3. The third-order valence-electron chi connectivity index (χ3n) is 7.44. The van der Waals surface area contributed by atoms with Gasteiger partial charge in [0.2, 0.25) is 11.8 Å². The molecule has 3 amide bonds. The Hall–Kier alpha value is -3.21. The van der Waals surface area contributed by atoms with Crippen LogP contribution in [0.3, 0.4) is 0 Å². The van der Waals surface area contributed by atoms with Crippen LogP contribution in [0.4, 0.5) is 11.4 Å². The summed E-state index contributed by atoms with van der Waals surface area (Å²) in [7, 11) is 0. The smallest absolute Gasteiger partial charge is 0.255 e. The highest BCUT2D eigenvalue weighted by atomic mass is 16.2. The van der Waals surface area contributed by atoms with Gasteiger partial charge in [0.1, 0.15) is 0 Å². The normalized spacial score (nSPS) is 32.8. The number of aryl methyl sites for hydroxylation is 1. The summed E-state index contributed by atoms with van der Waals surface area (Å²) >= 11 is 0. The highest BCUT2D eigenvalue weighted by Gasteiger charge is 2.67. The molecule has 6 atom stereocenters. The van der Waals surface area contributed by atoms with Crippen molar-refractivity contribution in [1.82, 2.24) is 0 Å². The molecule has 5 aliphatic rings. The van der Waals surface area contributed by atoms with Gasteiger partial charge in [-0.1, -0.05) is 30.4 Å². The van der Waals surface area contributed by atoms with Crippen LogP contribution in [0.5, 0.6) is 0 Å². The van der Waals surface area contributed by atoms with E-state index in [0.717, 1.165) is 17.7 Å². The monoisotopic (exact) mass is 398 g/mol. The molecule has 1 aliphatic heterocycles. The Labute approximate surface area is 174 Å². The lowest BCUT2D eigenvalue weighted by molar-refractivity contribution is -0.124. The van der Waals surface area contributed by atoms with Crippen molar-refractivity contribution in [3.8, 4) is 0 Å². The second kappa shape index (κ2) is 6.14. The Morgan fingerprint density at radius 2 is 1.50 bits per heavy atom. The average Bonchev–Trinajstić information content (AvgIpc) is 3.53.